The molecule has 0 heterocycles. The van der Waals surface area contributed by atoms with Crippen LogP contribution in [0.25, 0.3) is 5.53 Å². The van der Waals surface area contributed by atoms with Gasteiger partial charge in [0.25, 0.3) is 0 Å². The second-order valence-electron chi connectivity index (χ2n) is 3.67. The molecule has 0 saturated carbocycles. The lowest BCUT2D eigenvalue weighted by Crippen LogP contribution is -2.47. The van der Waals surface area contributed by atoms with E-state index in [1.54, 1.807) is 0 Å². The minimum atomic E-state index is -3.66. The molecule has 0 fully saturated rings. The Balaban J connectivity index is 5.36. The Labute approximate surface area is 92.5 Å². The maximum Gasteiger partial charge on any atom is 0.445 e. The summed E-state index contributed by atoms with van der Waals surface area (Å²) in [7, 11) is 0. The Morgan fingerprint density at radius 3 is 2.38 bits per heavy atom. The third kappa shape index (κ3) is 2.52. The molecule has 0 radical (unpaired) electrons. The summed E-state index contributed by atoms with van der Waals surface area (Å²) in [4.78, 5) is 13.5. The van der Waals surface area contributed by atoms with Crippen LogP contribution in [-0.2, 0) is 9.53 Å². The largest absolute Gasteiger partial charge is 0.457 e. The number of ether oxygens (including phenoxy) is 1. The average Bonchev–Trinajstić information content (AvgIpc) is 2.18. The van der Waals surface area contributed by atoms with Gasteiger partial charge >= 0.3 is 17.6 Å². The Bertz CT molecular complexity index is 345. The van der Waals surface area contributed by atoms with Crippen LogP contribution in [0.5, 0.6) is 0 Å². The summed E-state index contributed by atoms with van der Waals surface area (Å²) >= 11 is 0. The van der Waals surface area contributed by atoms with E-state index in [4.69, 9.17) is 5.53 Å². The van der Waals surface area contributed by atoms with Gasteiger partial charge in [-0.15, -0.1) is 6.58 Å². The summed E-state index contributed by atoms with van der Waals surface area (Å²) in [6, 6.07) is 0. The molecule has 0 unspecified atom stereocenters. The molecule has 16 heavy (non-hydrogen) atoms. The van der Waals surface area contributed by atoms with Crippen LogP contribution in [0.2, 0.25) is 0 Å². The molecule has 0 aromatic heterocycles. The molecule has 0 saturated heterocycles. The average molecular weight is 232 g/mol. The molecule has 0 aliphatic rings. The number of carbonyl (C=O) groups excluding carboxylic acids is 1. The number of rotatable bonds is 5. The second-order valence-corrected chi connectivity index (χ2v) is 3.67. The highest BCUT2D eigenvalue weighted by molar-refractivity contribution is 6.36. The zero-order valence-electron chi connectivity index (χ0n) is 9.46. The van der Waals surface area contributed by atoms with Crippen molar-refractivity contribution in [3.63, 3.8) is 0 Å². The van der Waals surface area contributed by atoms with Crippen LogP contribution in [0.1, 0.15) is 20.8 Å². The quantitative estimate of drug-likeness (QED) is 0.239. The van der Waals surface area contributed by atoms with Crippen LogP contribution in [0, 0.1) is 5.41 Å². The zero-order chi connectivity index (χ0) is 13.0. The van der Waals surface area contributed by atoms with Crippen molar-refractivity contribution in [3.8, 4) is 0 Å². The number of hydrogen-bond donors (Lipinski definition) is 0. The highest BCUT2D eigenvalue weighted by atomic mass is 19.3. The van der Waals surface area contributed by atoms with Crippen LogP contribution in [0.4, 0.5) is 8.78 Å². The lowest BCUT2D eigenvalue weighted by Gasteiger charge is -2.26. The Hall–Kier alpha value is -1.55. The van der Waals surface area contributed by atoms with E-state index in [1.807, 2.05) is 0 Å². The van der Waals surface area contributed by atoms with Crippen molar-refractivity contribution in [3.05, 3.63) is 18.2 Å². The third-order valence-electron chi connectivity index (χ3n) is 2.19. The van der Waals surface area contributed by atoms with E-state index < -0.39 is 23.0 Å². The molecule has 0 N–H and O–H groups in total. The van der Waals surface area contributed by atoms with Gasteiger partial charge in [-0.3, -0.25) is 0 Å². The predicted octanol–water partition coefficient (Wildman–Crippen LogP) is 2.07. The Morgan fingerprint density at radius 1 is 1.56 bits per heavy atom. The highest BCUT2D eigenvalue weighted by Crippen LogP contribution is 2.38. The van der Waals surface area contributed by atoms with Crippen molar-refractivity contribution >= 4 is 11.7 Å². The zero-order valence-corrected chi connectivity index (χ0v) is 9.46. The van der Waals surface area contributed by atoms with Gasteiger partial charge in [-0.05, 0) is 20.8 Å². The minimum absolute atomic E-state index is 0.0809. The van der Waals surface area contributed by atoms with E-state index >= 15 is 0 Å². The molecule has 0 aromatic carbocycles. The van der Waals surface area contributed by atoms with Crippen LogP contribution < -0.4 is 0 Å². The first-order valence-electron chi connectivity index (χ1n) is 4.65. The molecule has 0 aliphatic heterocycles. The van der Waals surface area contributed by atoms with Crippen molar-refractivity contribution in [1.29, 1.82) is 0 Å². The van der Waals surface area contributed by atoms with Crippen LogP contribution in [0.3, 0.4) is 0 Å². The van der Waals surface area contributed by atoms with Gasteiger partial charge in [0.15, 0.2) is 0 Å². The molecule has 0 atom stereocenters. The van der Waals surface area contributed by atoms with Crippen LogP contribution in [0.15, 0.2) is 12.7 Å². The topological polar surface area (TPSA) is 62.7 Å². The first-order valence-corrected chi connectivity index (χ1v) is 4.65. The van der Waals surface area contributed by atoms with E-state index in [0.29, 0.717) is 0 Å². The van der Waals surface area contributed by atoms with Gasteiger partial charge in [-0.1, -0.05) is 6.08 Å². The summed E-state index contributed by atoms with van der Waals surface area (Å²) < 4.78 is 31.9. The van der Waals surface area contributed by atoms with E-state index in [9.17, 15) is 13.6 Å². The Morgan fingerprint density at radius 2 is 2.06 bits per heavy atom. The number of hydrogen-bond acceptors (Lipinski definition) is 2. The molecular formula is C10H14F2N2O2. The van der Waals surface area contributed by atoms with E-state index in [2.05, 4.69) is 16.1 Å². The summed E-state index contributed by atoms with van der Waals surface area (Å²) in [5.74, 6) is -5.00. The predicted molar refractivity (Wildman–Crippen MR) is 54.2 cm³/mol. The molecule has 0 rings (SSSR count). The monoisotopic (exact) mass is 232 g/mol. The SMILES string of the molecule is C=CC(C)(C)C(F)(F)C(=[N+]=[N-])C(=O)OCC. The second kappa shape index (κ2) is 4.99. The van der Waals surface area contributed by atoms with Crippen molar-refractivity contribution < 1.29 is 23.1 Å². The summed E-state index contributed by atoms with van der Waals surface area (Å²) in [5.41, 5.74) is 5.45. The molecule has 90 valence electrons. The normalized spacial score (nSPS) is 11.6. The van der Waals surface area contributed by atoms with Gasteiger partial charge in [0, 0.05) is 0 Å². The fourth-order valence-corrected chi connectivity index (χ4v) is 0.865. The fourth-order valence-electron chi connectivity index (χ4n) is 0.865. The van der Waals surface area contributed by atoms with Gasteiger partial charge in [0.05, 0.1) is 12.0 Å². The standard InChI is InChI=1S/C10H14F2N2O2/c1-5-9(3,4)10(11,12)7(14-13)8(15)16-6-2/h5H,1,6H2,2-4H3. The number of allylic oxidation sites excluding steroid dienone is 1. The van der Waals surface area contributed by atoms with Gasteiger partial charge in [-0.2, -0.15) is 13.6 Å². The number of halogens is 2. The number of esters is 1. The van der Waals surface area contributed by atoms with E-state index in [-0.39, 0.29) is 6.61 Å². The smallest absolute Gasteiger partial charge is 0.445 e. The fraction of sp³-hybridized carbons (Fsp3) is 0.600. The summed E-state index contributed by atoms with van der Waals surface area (Å²) in [5, 5.41) is 0. The van der Waals surface area contributed by atoms with Crippen molar-refractivity contribution in [2.24, 2.45) is 5.41 Å². The molecule has 0 aliphatic carbocycles. The molecule has 0 aromatic rings. The molecular weight excluding hydrogens is 218 g/mol. The number of alkyl halides is 2. The first-order chi connectivity index (χ1) is 7.24. The molecule has 0 amide bonds. The van der Waals surface area contributed by atoms with Gasteiger partial charge in [0.2, 0.25) is 0 Å². The van der Waals surface area contributed by atoms with Gasteiger partial charge in [-0.25, -0.2) is 4.79 Å². The maximum absolute atomic E-state index is 13.8. The minimum Gasteiger partial charge on any atom is -0.457 e. The first kappa shape index (κ1) is 14.5. The summed E-state index contributed by atoms with van der Waals surface area (Å²) in [6.45, 7) is 6.98. The van der Waals surface area contributed by atoms with Crippen molar-refractivity contribution in [1.82, 2.24) is 0 Å². The molecule has 4 nitrogen and oxygen atoms in total. The maximum atomic E-state index is 13.8. The highest BCUT2D eigenvalue weighted by Gasteiger charge is 2.59. The van der Waals surface area contributed by atoms with Crippen molar-refractivity contribution in [2.45, 2.75) is 26.7 Å². The van der Waals surface area contributed by atoms with Crippen LogP contribution in [-0.4, -0.2) is 29.0 Å². The van der Waals surface area contributed by atoms with E-state index in [0.717, 1.165) is 6.08 Å². The van der Waals surface area contributed by atoms with Crippen molar-refractivity contribution in [2.75, 3.05) is 6.61 Å². The summed E-state index contributed by atoms with van der Waals surface area (Å²) in [6.07, 6.45) is 0.984. The third-order valence-corrected chi connectivity index (χ3v) is 2.19. The van der Waals surface area contributed by atoms with Gasteiger partial charge < -0.3 is 10.3 Å². The molecule has 6 heteroatoms. The van der Waals surface area contributed by atoms with Gasteiger partial charge in [0.1, 0.15) is 0 Å². The molecule has 0 bridgehead atoms. The number of carbonyl (C=O) groups is 1. The van der Waals surface area contributed by atoms with E-state index in [1.165, 1.54) is 20.8 Å². The Kier molecular flexibility index (Phi) is 4.50. The lowest BCUT2D eigenvalue weighted by atomic mass is 9.83. The number of nitrogens with zero attached hydrogens (tertiary/aromatic N) is 2. The molecule has 0 spiro atoms. The lowest BCUT2D eigenvalue weighted by molar-refractivity contribution is -0.148. The van der Waals surface area contributed by atoms with Crippen LogP contribution >= 0.6 is 0 Å².